The molecule has 0 fully saturated rings. The third-order valence-corrected chi connectivity index (χ3v) is 2.29. The van der Waals surface area contributed by atoms with E-state index in [1.54, 1.807) is 0 Å². The fourth-order valence-corrected chi connectivity index (χ4v) is 1.25. The van der Waals surface area contributed by atoms with Crippen LogP contribution in [0, 0.1) is 0 Å². The van der Waals surface area contributed by atoms with Gasteiger partial charge < -0.3 is 4.74 Å². The molecule has 0 saturated heterocycles. The van der Waals surface area contributed by atoms with Gasteiger partial charge in [0.2, 0.25) is 0 Å². The maximum Gasteiger partial charge on any atom is 0.119 e. The summed E-state index contributed by atoms with van der Waals surface area (Å²) in [4.78, 5) is 0. The van der Waals surface area contributed by atoms with Crippen molar-refractivity contribution < 1.29 is 4.74 Å². The zero-order valence-corrected chi connectivity index (χ0v) is 10.1. The van der Waals surface area contributed by atoms with Gasteiger partial charge in [-0.15, -0.1) is 0 Å². The summed E-state index contributed by atoms with van der Waals surface area (Å²) in [5, 5.41) is 0. The molecule has 1 rings (SSSR count). The molecular weight excluding hydrogens is 184 g/mol. The van der Waals surface area contributed by atoms with Gasteiger partial charge in [-0.1, -0.05) is 31.6 Å². The highest BCUT2D eigenvalue weighted by Crippen LogP contribution is 2.18. The SMILES string of the molecule is CC(C)=CCOc1ccc(C(C)C)cc1. The summed E-state index contributed by atoms with van der Waals surface area (Å²) in [7, 11) is 0. The largest absolute Gasteiger partial charge is 0.490 e. The van der Waals surface area contributed by atoms with E-state index in [1.165, 1.54) is 11.1 Å². The van der Waals surface area contributed by atoms with E-state index in [4.69, 9.17) is 4.74 Å². The first-order valence-electron chi connectivity index (χ1n) is 5.45. The van der Waals surface area contributed by atoms with Crippen LogP contribution in [0.3, 0.4) is 0 Å². The maximum atomic E-state index is 5.58. The van der Waals surface area contributed by atoms with Crippen LogP contribution in [0.15, 0.2) is 35.9 Å². The second-order valence-electron chi connectivity index (χ2n) is 4.32. The molecule has 0 spiro atoms. The van der Waals surface area contributed by atoms with Crippen molar-refractivity contribution in [3.05, 3.63) is 41.5 Å². The summed E-state index contributed by atoms with van der Waals surface area (Å²) in [5.41, 5.74) is 2.64. The molecule has 0 bridgehead atoms. The Kier molecular flexibility index (Phi) is 4.41. The molecular formula is C14H20O. The average Bonchev–Trinajstić information content (AvgIpc) is 2.18. The Labute approximate surface area is 92.8 Å². The molecule has 0 aliphatic carbocycles. The van der Waals surface area contributed by atoms with E-state index in [-0.39, 0.29) is 0 Å². The molecule has 82 valence electrons. The van der Waals surface area contributed by atoms with Crippen LogP contribution < -0.4 is 4.74 Å². The molecule has 0 aliphatic rings. The van der Waals surface area contributed by atoms with Crippen molar-refractivity contribution in [1.82, 2.24) is 0 Å². The van der Waals surface area contributed by atoms with E-state index in [0.717, 1.165) is 5.75 Å². The quantitative estimate of drug-likeness (QED) is 0.669. The summed E-state index contributed by atoms with van der Waals surface area (Å²) in [6, 6.07) is 8.33. The molecule has 1 nitrogen and oxygen atoms in total. The summed E-state index contributed by atoms with van der Waals surface area (Å²) in [6.45, 7) is 9.19. The molecule has 0 N–H and O–H groups in total. The van der Waals surface area contributed by atoms with Crippen molar-refractivity contribution in [1.29, 1.82) is 0 Å². The van der Waals surface area contributed by atoms with Crippen LogP contribution in [0.4, 0.5) is 0 Å². The smallest absolute Gasteiger partial charge is 0.119 e. The average molecular weight is 204 g/mol. The van der Waals surface area contributed by atoms with E-state index >= 15 is 0 Å². The zero-order chi connectivity index (χ0) is 11.3. The van der Waals surface area contributed by atoms with E-state index in [9.17, 15) is 0 Å². The zero-order valence-electron chi connectivity index (χ0n) is 10.1. The van der Waals surface area contributed by atoms with Crippen molar-refractivity contribution in [3.63, 3.8) is 0 Å². The summed E-state index contributed by atoms with van der Waals surface area (Å²) < 4.78 is 5.58. The Balaban J connectivity index is 2.53. The first-order chi connectivity index (χ1) is 7.09. The van der Waals surface area contributed by atoms with Crippen LogP contribution in [0.25, 0.3) is 0 Å². The predicted molar refractivity (Wildman–Crippen MR) is 65.5 cm³/mol. The molecule has 0 heterocycles. The van der Waals surface area contributed by atoms with Gasteiger partial charge in [0.15, 0.2) is 0 Å². The molecule has 1 heteroatoms. The van der Waals surface area contributed by atoms with Gasteiger partial charge in [0, 0.05) is 0 Å². The van der Waals surface area contributed by atoms with Crippen molar-refractivity contribution in [2.24, 2.45) is 0 Å². The van der Waals surface area contributed by atoms with E-state index in [1.807, 2.05) is 12.1 Å². The summed E-state index contributed by atoms with van der Waals surface area (Å²) in [6.07, 6.45) is 2.08. The lowest BCUT2D eigenvalue weighted by Gasteiger charge is -2.07. The summed E-state index contributed by atoms with van der Waals surface area (Å²) in [5.74, 6) is 1.52. The Morgan fingerprint density at radius 2 is 1.80 bits per heavy atom. The minimum atomic E-state index is 0.580. The first-order valence-corrected chi connectivity index (χ1v) is 5.45. The highest BCUT2D eigenvalue weighted by Gasteiger charge is 1.98. The Morgan fingerprint density at radius 1 is 1.20 bits per heavy atom. The lowest BCUT2D eigenvalue weighted by molar-refractivity contribution is 0.362. The number of ether oxygens (including phenoxy) is 1. The summed E-state index contributed by atoms with van der Waals surface area (Å²) >= 11 is 0. The lowest BCUT2D eigenvalue weighted by atomic mass is 10.0. The molecule has 15 heavy (non-hydrogen) atoms. The highest BCUT2D eigenvalue weighted by molar-refractivity contribution is 5.29. The number of allylic oxidation sites excluding steroid dienone is 1. The Bertz CT molecular complexity index is 316. The van der Waals surface area contributed by atoms with Gasteiger partial charge in [-0.2, -0.15) is 0 Å². The van der Waals surface area contributed by atoms with Gasteiger partial charge in [0.05, 0.1) is 0 Å². The normalized spacial score (nSPS) is 10.2. The Morgan fingerprint density at radius 3 is 2.27 bits per heavy atom. The van der Waals surface area contributed by atoms with E-state index < -0.39 is 0 Å². The third kappa shape index (κ3) is 4.20. The predicted octanol–water partition coefficient (Wildman–Crippen LogP) is 4.16. The second-order valence-corrected chi connectivity index (χ2v) is 4.32. The number of hydrogen-bond donors (Lipinski definition) is 0. The van der Waals surface area contributed by atoms with E-state index in [0.29, 0.717) is 12.5 Å². The van der Waals surface area contributed by atoms with Gasteiger partial charge in [-0.25, -0.2) is 0 Å². The second kappa shape index (κ2) is 5.59. The monoisotopic (exact) mass is 204 g/mol. The molecule has 0 amide bonds. The van der Waals surface area contributed by atoms with Crippen LogP contribution in [0.2, 0.25) is 0 Å². The number of rotatable bonds is 4. The molecule has 0 atom stereocenters. The highest BCUT2D eigenvalue weighted by atomic mass is 16.5. The molecule has 0 unspecified atom stereocenters. The molecule has 0 aliphatic heterocycles. The topological polar surface area (TPSA) is 9.23 Å². The van der Waals surface area contributed by atoms with Crippen molar-refractivity contribution in [3.8, 4) is 5.75 Å². The van der Waals surface area contributed by atoms with Gasteiger partial charge in [0.1, 0.15) is 12.4 Å². The minimum absolute atomic E-state index is 0.580. The van der Waals surface area contributed by atoms with Crippen LogP contribution in [0.1, 0.15) is 39.2 Å². The fourth-order valence-electron chi connectivity index (χ4n) is 1.25. The van der Waals surface area contributed by atoms with Crippen molar-refractivity contribution >= 4 is 0 Å². The number of benzene rings is 1. The standard InChI is InChI=1S/C14H20O/c1-11(2)9-10-15-14-7-5-13(6-8-14)12(3)4/h5-9,12H,10H2,1-4H3. The molecule has 0 radical (unpaired) electrons. The molecule has 1 aromatic rings. The van der Waals surface area contributed by atoms with Crippen LogP contribution in [-0.2, 0) is 0 Å². The fraction of sp³-hybridized carbons (Fsp3) is 0.429. The lowest BCUT2D eigenvalue weighted by Crippen LogP contribution is -1.94. The van der Waals surface area contributed by atoms with Crippen molar-refractivity contribution in [2.75, 3.05) is 6.61 Å². The molecule has 0 aromatic heterocycles. The van der Waals surface area contributed by atoms with E-state index in [2.05, 4.69) is 45.9 Å². The van der Waals surface area contributed by atoms with Gasteiger partial charge >= 0.3 is 0 Å². The number of hydrogen-bond acceptors (Lipinski definition) is 1. The van der Waals surface area contributed by atoms with Crippen molar-refractivity contribution in [2.45, 2.75) is 33.6 Å². The molecule has 0 saturated carbocycles. The van der Waals surface area contributed by atoms with Gasteiger partial charge in [0.25, 0.3) is 0 Å². The minimum Gasteiger partial charge on any atom is -0.490 e. The first kappa shape index (κ1) is 11.8. The Hall–Kier alpha value is -1.24. The van der Waals surface area contributed by atoms with Crippen LogP contribution in [-0.4, -0.2) is 6.61 Å². The van der Waals surface area contributed by atoms with Gasteiger partial charge in [-0.05, 0) is 43.5 Å². The van der Waals surface area contributed by atoms with Gasteiger partial charge in [-0.3, -0.25) is 0 Å². The third-order valence-electron chi connectivity index (χ3n) is 2.29. The van der Waals surface area contributed by atoms with Crippen LogP contribution in [0.5, 0.6) is 5.75 Å². The maximum absolute atomic E-state index is 5.58. The molecule has 1 aromatic carbocycles. The van der Waals surface area contributed by atoms with Crippen LogP contribution >= 0.6 is 0 Å².